The SMILES string of the molecule is CCCNC(c1cccc2c1OCCC2)C1COCCO1. The topological polar surface area (TPSA) is 39.7 Å². The number of rotatable bonds is 5. The van der Waals surface area contributed by atoms with E-state index in [-0.39, 0.29) is 12.1 Å². The Morgan fingerprint density at radius 2 is 2.24 bits per heavy atom. The first-order valence-corrected chi connectivity index (χ1v) is 8.07. The maximum atomic E-state index is 5.97. The fourth-order valence-corrected chi connectivity index (χ4v) is 3.10. The molecular weight excluding hydrogens is 266 g/mol. The van der Waals surface area contributed by atoms with Crippen molar-refractivity contribution in [3.05, 3.63) is 29.3 Å². The molecule has 0 aromatic heterocycles. The Balaban J connectivity index is 1.87. The van der Waals surface area contributed by atoms with Crippen LogP contribution in [0.3, 0.4) is 0 Å². The summed E-state index contributed by atoms with van der Waals surface area (Å²) >= 11 is 0. The normalized spacial score (nSPS) is 23.2. The van der Waals surface area contributed by atoms with E-state index in [0.717, 1.165) is 38.2 Å². The summed E-state index contributed by atoms with van der Waals surface area (Å²) in [5, 5.41) is 3.62. The summed E-state index contributed by atoms with van der Waals surface area (Å²) in [5.74, 6) is 1.06. The standard InChI is InChI=1S/C17H25NO3/c1-2-8-18-16(15-12-19-10-11-20-15)14-7-3-5-13-6-4-9-21-17(13)14/h3,5,7,15-16,18H,2,4,6,8-12H2,1H3. The van der Waals surface area contributed by atoms with E-state index in [1.165, 1.54) is 11.1 Å². The van der Waals surface area contributed by atoms with E-state index in [1.54, 1.807) is 0 Å². The monoisotopic (exact) mass is 291 g/mol. The van der Waals surface area contributed by atoms with Crippen molar-refractivity contribution in [2.45, 2.75) is 38.3 Å². The number of fused-ring (bicyclic) bond motifs is 1. The average Bonchev–Trinajstić information content (AvgIpc) is 2.56. The van der Waals surface area contributed by atoms with Crippen LogP contribution in [-0.2, 0) is 15.9 Å². The highest BCUT2D eigenvalue weighted by Gasteiger charge is 2.30. The number of aryl methyl sites for hydroxylation is 1. The first kappa shape index (κ1) is 14.8. The molecule has 0 spiro atoms. The average molecular weight is 291 g/mol. The molecule has 0 saturated carbocycles. The third-order valence-corrected chi connectivity index (χ3v) is 4.13. The van der Waals surface area contributed by atoms with Gasteiger partial charge in [-0.3, -0.25) is 0 Å². The highest BCUT2D eigenvalue weighted by Crippen LogP contribution is 2.35. The van der Waals surface area contributed by atoms with Crippen molar-refractivity contribution in [1.82, 2.24) is 5.32 Å². The van der Waals surface area contributed by atoms with Crippen LogP contribution >= 0.6 is 0 Å². The predicted octanol–water partition coefficient (Wildman–Crippen LogP) is 2.47. The van der Waals surface area contributed by atoms with Gasteiger partial charge in [-0.1, -0.05) is 25.1 Å². The maximum absolute atomic E-state index is 5.97. The molecule has 4 heteroatoms. The zero-order valence-corrected chi connectivity index (χ0v) is 12.8. The lowest BCUT2D eigenvalue weighted by Crippen LogP contribution is -2.41. The van der Waals surface area contributed by atoms with Crippen LogP contribution in [0.25, 0.3) is 0 Å². The molecule has 116 valence electrons. The van der Waals surface area contributed by atoms with E-state index in [0.29, 0.717) is 19.8 Å². The molecule has 0 bridgehead atoms. The van der Waals surface area contributed by atoms with Crippen molar-refractivity contribution in [1.29, 1.82) is 0 Å². The van der Waals surface area contributed by atoms with Gasteiger partial charge in [0, 0.05) is 5.56 Å². The molecule has 2 aliphatic heterocycles. The second-order valence-electron chi connectivity index (χ2n) is 5.70. The number of ether oxygens (including phenoxy) is 3. The fraction of sp³-hybridized carbons (Fsp3) is 0.647. The zero-order chi connectivity index (χ0) is 14.5. The number of hydrogen-bond acceptors (Lipinski definition) is 4. The van der Waals surface area contributed by atoms with Gasteiger partial charge in [0.2, 0.25) is 0 Å². The fourth-order valence-electron chi connectivity index (χ4n) is 3.10. The lowest BCUT2D eigenvalue weighted by atomic mass is 9.94. The molecule has 3 rings (SSSR count). The molecule has 2 aliphatic rings. The van der Waals surface area contributed by atoms with Crippen molar-refractivity contribution in [3.63, 3.8) is 0 Å². The summed E-state index contributed by atoms with van der Waals surface area (Å²) in [6.45, 7) is 5.97. The molecule has 2 unspecified atom stereocenters. The van der Waals surface area contributed by atoms with E-state index < -0.39 is 0 Å². The lowest BCUT2D eigenvalue weighted by molar-refractivity contribution is -0.102. The molecule has 0 aliphatic carbocycles. The van der Waals surface area contributed by atoms with E-state index >= 15 is 0 Å². The van der Waals surface area contributed by atoms with E-state index in [1.807, 2.05) is 0 Å². The van der Waals surface area contributed by atoms with Crippen molar-refractivity contribution in [2.24, 2.45) is 0 Å². The third-order valence-electron chi connectivity index (χ3n) is 4.13. The van der Waals surface area contributed by atoms with E-state index in [2.05, 4.69) is 30.4 Å². The molecule has 1 aromatic rings. The minimum absolute atomic E-state index is 0.0577. The van der Waals surface area contributed by atoms with Crippen molar-refractivity contribution in [2.75, 3.05) is 33.0 Å². The molecule has 2 atom stereocenters. The third kappa shape index (κ3) is 3.39. The van der Waals surface area contributed by atoms with Crippen LogP contribution in [0.5, 0.6) is 5.75 Å². The second kappa shape index (κ2) is 7.25. The Labute approximate surface area is 126 Å². The number of nitrogens with one attached hydrogen (secondary N) is 1. The Bertz CT molecular complexity index is 457. The van der Waals surface area contributed by atoms with Crippen LogP contribution in [0.1, 0.15) is 36.9 Å². The Morgan fingerprint density at radius 1 is 1.29 bits per heavy atom. The molecule has 4 nitrogen and oxygen atoms in total. The molecule has 1 saturated heterocycles. The van der Waals surface area contributed by atoms with Gasteiger partial charge in [-0.15, -0.1) is 0 Å². The first-order valence-electron chi connectivity index (χ1n) is 8.07. The number of hydrogen-bond donors (Lipinski definition) is 1. The van der Waals surface area contributed by atoms with Gasteiger partial charge in [-0.2, -0.15) is 0 Å². The minimum atomic E-state index is 0.0577. The summed E-state index contributed by atoms with van der Waals surface area (Å²) in [4.78, 5) is 0. The van der Waals surface area contributed by atoms with Crippen molar-refractivity contribution in [3.8, 4) is 5.75 Å². The van der Waals surface area contributed by atoms with Crippen LogP contribution in [0.2, 0.25) is 0 Å². The van der Waals surface area contributed by atoms with E-state index in [9.17, 15) is 0 Å². The molecule has 0 amide bonds. The Hall–Kier alpha value is -1.10. The highest BCUT2D eigenvalue weighted by molar-refractivity contribution is 5.45. The van der Waals surface area contributed by atoms with Crippen molar-refractivity contribution >= 4 is 0 Å². The molecule has 1 aromatic carbocycles. The van der Waals surface area contributed by atoms with Gasteiger partial charge in [0.15, 0.2) is 0 Å². The first-order chi connectivity index (χ1) is 10.4. The van der Waals surface area contributed by atoms with Crippen LogP contribution in [0.15, 0.2) is 18.2 Å². The zero-order valence-electron chi connectivity index (χ0n) is 12.8. The van der Waals surface area contributed by atoms with Gasteiger partial charge < -0.3 is 19.5 Å². The second-order valence-corrected chi connectivity index (χ2v) is 5.70. The van der Waals surface area contributed by atoms with Gasteiger partial charge in [0.1, 0.15) is 11.9 Å². The lowest BCUT2D eigenvalue weighted by Gasteiger charge is -2.33. The summed E-state index contributed by atoms with van der Waals surface area (Å²) in [5.41, 5.74) is 2.54. The van der Waals surface area contributed by atoms with Gasteiger partial charge in [0.25, 0.3) is 0 Å². The minimum Gasteiger partial charge on any atom is -0.493 e. The smallest absolute Gasteiger partial charge is 0.127 e. The molecular formula is C17H25NO3. The maximum Gasteiger partial charge on any atom is 0.127 e. The Morgan fingerprint density at radius 3 is 3.05 bits per heavy atom. The van der Waals surface area contributed by atoms with Gasteiger partial charge in [-0.25, -0.2) is 0 Å². The molecule has 21 heavy (non-hydrogen) atoms. The largest absolute Gasteiger partial charge is 0.493 e. The van der Waals surface area contributed by atoms with Crippen LogP contribution < -0.4 is 10.1 Å². The van der Waals surface area contributed by atoms with Gasteiger partial charge in [0.05, 0.1) is 32.5 Å². The van der Waals surface area contributed by atoms with Gasteiger partial charge >= 0.3 is 0 Å². The van der Waals surface area contributed by atoms with Crippen LogP contribution in [0.4, 0.5) is 0 Å². The molecule has 1 fully saturated rings. The number of benzene rings is 1. The van der Waals surface area contributed by atoms with Gasteiger partial charge in [-0.05, 0) is 31.4 Å². The molecule has 1 N–H and O–H groups in total. The highest BCUT2D eigenvalue weighted by atomic mass is 16.6. The summed E-state index contributed by atoms with van der Waals surface area (Å²) < 4.78 is 17.5. The Kier molecular flexibility index (Phi) is 5.12. The quantitative estimate of drug-likeness (QED) is 0.904. The van der Waals surface area contributed by atoms with Crippen molar-refractivity contribution < 1.29 is 14.2 Å². The summed E-state index contributed by atoms with van der Waals surface area (Å²) in [7, 11) is 0. The summed E-state index contributed by atoms with van der Waals surface area (Å²) in [6, 6.07) is 6.61. The number of para-hydroxylation sites is 1. The molecule has 0 radical (unpaired) electrons. The van der Waals surface area contributed by atoms with Crippen LogP contribution in [0, 0.1) is 0 Å². The van der Waals surface area contributed by atoms with E-state index in [4.69, 9.17) is 14.2 Å². The molecule has 2 heterocycles. The van der Waals surface area contributed by atoms with Crippen LogP contribution in [-0.4, -0.2) is 39.1 Å². The predicted molar refractivity (Wildman–Crippen MR) is 81.9 cm³/mol. The summed E-state index contributed by atoms with van der Waals surface area (Å²) in [6.07, 6.45) is 3.36.